The third-order valence-corrected chi connectivity index (χ3v) is 6.48. The van der Waals surface area contributed by atoms with Crippen LogP contribution < -0.4 is 9.64 Å². The molecule has 2 aromatic rings. The number of imide groups is 1. The molecular weight excluding hydrogens is 422 g/mol. The summed E-state index contributed by atoms with van der Waals surface area (Å²) in [5.41, 5.74) is 1.58. The van der Waals surface area contributed by atoms with Gasteiger partial charge in [0.1, 0.15) is 11.8 Å². The molecule has 6 nitrogen and oxygen atoms in total. The van der Waals surface area contributed by atoms with Gasteiger partial charge in [0.05, 0.1) is 24.8 Å². The molecule has 3 aliphatic rings. The Morgan fingerprint density at radius 1 is 0.929 bits per heavy atom. The Balaban J connectivity index is 1.60. The molecule has 0 radical (unpaired) electrons. The molecule has 3 heterocycles. The summed E-state index contributed by atoms with van der Waals surface area (Å²) in [5.74, 6) is 0.0411. The Kier molecular flexibility index (Phi) is 4.26. The molecule has 3 atom stereocenters. The molecule has 0 spiro atoms. The number of hydrogen-bond donors (Lipinski definition) is 0. The number of rotatable bonds is 3. The van der Waals surface area contributed by atoms with Crippen molar-refractivity contribution in [1.29, 1.82) is 0 Å². The first-order chi connectivity index (χ1) is 13.6. The number of carbonyl (C=O) groups is 2. The highest BCUT2D eigenvalue weighted by molar-refractivity contribution is 9.10. The number of para-hydroxylation sites is 1. The summed E-state index contributed by atoms with van der Waals surface area (Å²) in [7, 11) is 1.64. The molecule has 3 aliphatic heterocycles. The van der Waals surface area contributed by atoms with E-state index in [2.05, 4.69) is 25.9 Å². The zero-order valence-electron chi connectivity index (χ0n) is 15.4. The maximum atomic E-state index is 13.5. The van der Waals surface area contributed by atoms with E-state index in [1.807, 2.05) is 36.4 Å². The maximum absolute atomic E-state index is 13.5. The summed E-state index contributed by atoms with van der Waals surface area (Å²) in [4.78, 5) is 28.2. The molecule has 7 heteroatoms. The fourth-order valence-electron chi connectivity index (χ4n) is 4.84. The fourth-order valence-corrected chi connectivity index (χ4v) is 5.11. The van der Waals surface area contributed by atoms with Crippen LogP contribution in [0.3, 0.4) is 0 Å². The third kappa shape index (κ3) is 2.46. The number of fused-ring (bicyclic) bond motifs is 3. The summed E-state index contributed by atoms with van der Waals surface area (Å²) in [6.45, 7) is 1.63. The van der Waals surface area contributed by atoms with E-state index in [0.717, 1.165) is 35.3 Å². The number of carbonyl (C=O) groups excluding carboxylic acids is 2. The third-order valence-electron chi connectivity index (χ3n) is 5.95. The number of ether oxygens (including phenoxy) is 1. The molecule has 28 heavy (non-hydrogen) atoms. The van der Waals surface area contributed by atoms with Gasteiger partial charge in [-0.05, 0) is 36.8 Å². The van der Waals surface area contributed by atoms with E-state index in [1.54, 1.807) is 19.2 Å². The molecule has 0 saturated carbocycles. The van der Waals surface area contributed by atoms with Gasteiger partial charge in [0, 0.05) is 23.1 Å². The molecule has 0 bridgehead atoms. The van der Waals surface area contributed by atoms with Gasteiger partial charge in [0.15, 0.2) is 0 Å². The number of methoxy groups -OCH3 is 1. The molecule has 0 aromatic heterocycles. The highest BCUT2D eigenvalue weighted by Crippen LogP contribution is 2.50. The van der Waals surface area contributed by atoms with Crippen LogP contribution in [0.5, 0.6) is 5.75 Å². The fraction of sp³-hybridized carbons (Fsp3) is 0.333. The van der Waals surface area contributed by atoms with Gasteiger partial charge in [-0.15, -0.1) is 0 Å². The van der Waals surface area contributed by atoms with Gasteiger partial charge in [0.25, 0.3) is 5.91 Å². The average Bonchev–Trinajstić information content (AvgIpc) is 3.35. The van der Waals surface area contributed by atoms with Crippen LogP contribution in [0.2, 0.25) is 0 Å². The van der Waals surface area contributed by atoms with Crippen molar-refractivity contribution in [2.24, 2.45) is 5.92 Å². The summed E-state index contributed by atoms with van der Waals surface area (Å²) in [6, 6.07) is 14.5. The van der Waals surface area contributed by atoms with Crippen LogP contribution in [0.15, 0.2) is 53.0 Å². The number of hydrazine groups is 1. The summed E-state index contributed by atoms with van der Waals surface area (Å²) in [6.07, 6.45) is 0.981. The van der Waals surface area contributed by atoms with Crippen molar-refractivity contribution in [2.45, 2.75) is 18.5 Å². The normalized spacial score (nSPS) is 27.4. The van der Waals surface area contributed by atoms with Crippen LogP contribution in [0, 0.1) is 5.92 Å². The van der Waals surface area contributed by atoms with Crippen molar-refractivity contribution >= 4 is 33.4 Å². The van der Waals surface area contributed by atoms with Crippen LogP contribution >= 0.6 is 15.9 Å². The van der Waals surface area contributed by atoms with Crippen LogP contribution in [0.25, 0.3) is 0 Å². The number of benzene rings is 2. The van der Waals surface area contributed by atoms with E-state index >= 15 is 0 Å². The molecule has 5 rings (SSSR count). The lowest BCUT2D eigenvalue weighted by Crippen LogP contribution is -2.44. The lowest BCUT2D eigenvalue weighted by Gasteiger charge is -2.30. The SMILES string of the molecule is COc1ccccc1[C@@H]1[C@@H]2C(=O)N(c3ccc(Br)cc3)C(=O)[C@@H]2N2CCCN12. The standard InChI is InChI=1S/C21H20BrN3O3/c1-28-16-6-3-2-5-15(16)18-17-19(24-12-4-11-23(18)24)21(27)25(20(17)26)14-9-7-13(22)8-10-14/h2-3,5-10,17-19H,4,11-12H2,1H3/t17-,18+,19+/m0/s1. The molecule has 2 amide bonds. The predicted octanol–water partition coefficient (Wildman–Crippen LogP) is 2.99. The second-order valence-electron chi connectivity index (χ2n) is 7.33. The second kappa shape index (κ2) is 6.69. The van der Waals surface area contributed by atoms with Crippen LogP contribution in [0.1, 0.15) is 18.0 Å². The smallest absolute Gasteiger partial charge is 0.253 e. The van der Waals surface area contributed by atoms with E-state index in [9.17, 15) is 9.59 Å². The van der Waals surface area contributed by atoms with Crippen LogP contribution in [-0.4, -0.2) is 48.1 Å². The number of halogens is 1. The van der Waals surface area contributed by atoms with E-state index in [0.29, 0.717) is 5.69 Å². The van der Waals surface area contributed by atoms with Gasteiger partial charge in [-0.2, -0.15) is 0 Å². The highest BCUT2D eigenvalue weighted by atomic mass is 79.9. The van der Waals surface area contributed by atoms with Gasteiger partial charge in [-0.1, -0.05) is 34.1 Å². The van der Waals surface area contributed by atoms with E-state index in [1.165, 1.54) is 4.90 Å². The molecule has 2 aromatic carbocycles. The minimum absolute atomic E-state index is 0.136. The zero-order chi connectivity index (χ0) is 19.4. The quantitative estimate of drug-likeness (QED) is 0.685. The molecule has 144 valence electrons. The van der Waals surface area contributed by atoms with Crippen molar-refractivity contribution < 1.29 is 14.3 Å². The first kappa shape index (κ1) is 17.8. The first-order valence-electron chi connectivity index (χ1n) is 9.41. The number of amides is 2. The molecule has 0 unspecified atom stereocenters. The van der Waals surface area contributed by atoms with E-state index < -0.39 is 12.0 Å². The number of nitrogens with zero attached hydrogens (tertiary/aromatic N) is 3. The molecule has 3 fully saturated rings. The minimum Gasteiger partial charge on any atom is -0.496 e. The molecule has 0 N–H and O–H groups in total. The Labute approximate surface area is 171 Å². The second-order valence-corrected chi connectivity index (χ2v) is 8.24. The van der Waals surface area contributed by atoms with Gasteiger partial charge in [0.2, 0.25) is 5.91 Å². The number of anilines is 1. The summed E-state index contributed by atoms with van der Waals surface area (Å²) < 4.78 is 6.49. The summed E-state index contributed by atoms with van der Waals surface area (Å²) >= 11 is 3.41. The van der Waals surface area contributed by atoms with E-state index in [-0.39, 0.29) is 17.9 Å². The topological polar surface area (TPSA) is 53.1 Å². The van der Waals surface area contributed by atoms with Crippen molar-refractivity contribution in [3.05, 3.63) is 58.6 Å². The highest BCUT2D eigenvalue weighted by Gasteiger charge is 2.63. The van der Waals surface area contributed by atoms with Crippen molar-refractivity contribution in [3.8, 4) is 5.75 Å². The van der Waals surface area contributed by atoms with Gasteiger partial charge in [-0.25, -0.2) is 14.9 Å². The molecule has 0 aliphatic carbocycles. The average molecular weight is 442 g/mol. The Morgan fingerprint density at radius 3 is 2.32 bits per heavy atom. The van der Waals surface area contributed by atoms with Gasteiger partial charge < -0.3 is 4.74 Å². The molecule has 3 saturated heterocycles. The van der Waals surface area contributed by atoms with Crippen LogP contribution in [0.4, 0.5) is 5.69 Å². The monoisotopic (exact) mass is 441 g/mol. The lowest BCUT2D eigenvalue weighted by molar-refractivity contribution is -0.126. The Morgan fingerprint density at radius 2 is 1.61 bits per heavy atom. The zero-order valence-corrected chi connectivity index (χ0v) is 17.0. The van der Waals surface area contributed by atoms with Crippen LogP contribution in [-0.2, 0) is 9.59 Å². The number of hydrogen-bond acceptors (Lipinski definition) is 5. The Bertz CT molecular complexity index is 948. The molecular formula is C21H20BrN3O3. The first-order valence-corrected chi connectivity index (χ1v) is 10.2. The predicted molar refractivity (Wildman–Crippen MR) is 108 cm³/mol. The van der Waals surface area contributed by atoms with Gasteiger partial charge >= 0.3 is 0 Å². The minimum atomic E-state index is -0.450. The van der Waals surface area contributed by atoms with Crippen molar-refractivity contribution in [1.82, 2.24) is 10.0 Å². The lowest BCUT2D eigenvalue weighted by atomic mass is 9.89. The largest absolute Gasteiger partial charge is 0.496 e. The maximum Gasteiger partial charge on any atom is 0.253 e. The van der Waals surface area contributed by atoms with E-state index in [4.69, 9.17) is 4.74 Å². The summed E-state index contributed by atoms with van der Waals surface area (Å²) in [5, 5.41) is 4.29. The van der Waals surface area contributed by atoms with Crippen molar-refractivity contribution in [3.63, 3.8) is 0 Å². The van der Waals surface area contributed by atoms with Crippen molar-refractivity contribution in [2.75, 3.05) is 25.1 Å². The van der Waals surface area contributed by atoms with Gasteiger partial charge in [-0.3, -0.25) is 9.59 Å². The Hall–Kier alpha value is -2.22.